The Kier molecular flexibility index (Phi) is 10.7. The molecule has 12 nitrogen and oxygen atoms in total. The summed E-state index contributed by atoms with van der Waals surface area (Å²) >= 11 is 0. The number of halogens is 2. The summed E-state index contributed by atoms with van der Waals surface area (Å²) in [7, 11) is 0. The van der Waals surface area contributed by atoms with E-state index in [1.165, 1.54) is 16.8 Å². The number of pyridine rings is 1. The lowest BCUT2D eigenvalue weighted by Crippen LogP contribution is -2.52. The Morgan fingerprint density at radius 3 is 2.67 bits per heavy atom. The molecule has 1 aromatic heterocycles. The average molecular weight is 673 g/mol. The normalized spacial score (nSPS) is 21.4. The summed E-state index contributed by atoms with van der Waals surface area (Å²) < 4.78 is 45.1. The first kappa shape index (κ1) is 34.8. The second-order valence-corrected chi connectivity index (χ2v) is 13.1. The summed E-state index contributed by atoms with van der Waals surface area (Å²) in [4.78, 5) is 61.3. The number of unbranched alkanes of at least 4 members (excludes halogenated alkanes) is 2. The third kappa shape index (κ3) is 7.47. The van der Waals surface area contributed by atoms with Gasteiger partial charge in [-0.2, -0.15) is 0 Å². The Hall–Kier alpha value is -4.49. The molecule has 0 saturated carbocycles. The number of aromatic nitrogens is 1. The van der Waals surface area contributed by atoms with E-state index in [9.17, 15) is 28.0 Å². The molecule has 1 aromatic carbocycles. The molecule has 5 rings (SSSR count). The lowest BCUT2D eigenvalue weighted by atomic mass is 9.84. The molecule has 0 radical (unpaired) electrons. The zero-order valence-corrected chi connectivity index (χ0v) is 27.7. The van der Waals surface area contributed by atoms with Gasteiger partial charge in [0, 0.05) is 43.4 Å². The second kappa shape index (κ2) is 14.7. The number of oxime groups is 1. The van der Waals surface area contributed by atoms with Crippen LogP contribution in [0.1, 0.15) is 105 Å². The molecule has 260 valence electrons. The number of hydrogen-bond acceptors (Lipinski definition) is 9. The standard InChI is InChI=1S/C34H42F2N4O8/c1-20(2)8-6-5-7-13-45-33(44)47-19-46-30-28-32(43)39-18-27(34(12-11-22(39)4)15-21(3)38-48-34)40(28)17-25(29(30)41)31(42)37-16-23-9-10-24(35)14-26(23)36/h9-10,14,17,20,22,27H,5-8,11-13,15-16,18-19H2,1-4H3,(H,37,42)/t22-,27+,34-/m0/s1. The predicted molar refractivity (Wildman–Crippen MR) is 170 cm³/mol. The summed E-state index contributed by atoms with van der Waals surface area (Å²) in [6.07, 6.45) is 5.52. The van der Waals surface area contributed by atoms with Crippen molar-refractivity contribution >= 4 is 23.7 Å². The molecule has 0 unspecified atom stereocenters. The van der Waals surface area contributed by atoms with E-state index in [0.717, 1.165) is 31.0 Å². The molecule has 2 amide bonds. The van der Waals surface area contributed by atoms with Crippen molar-refractivity contribution in [2.75, 3.05) is 19.9 Å². The zero-order valence-electron chi connectivity index (χ0n) is 27.7. The molecule has 0 aliphatic carbocycles. The van der Waals surface area contributed by atoms with Gasteiger partial charge in [-0.05, 0) is 45.1 Å². The molecule has 3 aliphatic rings. The van der Waals surface area contributed by atoms with Gasteiger partial charge in [0.15, 0.2) is 11.3 Å². The highest BCUT2D eigenvalue weighted by Crippen LogP contribution is 2.46. The topological polar surface area (TPSA) is 138 Å². The van der Waals surface area contributed by atoms with Crippen LogP contribution in [-0.4, -0.2) is 64.7 Å². The van der Waals surface area contributed by atoms with Crippen molar-refractivity contribution < 1.29 is 42.2 Å². The van der Waals surface area contributed by atoms with Crippen LogP contribution in [0.3, 0.4) is 0 Å². The van der Waals surface area contributed by atoms with Gasteiger partial charge in [0.2, 0.25) is 18.0 Å². The fraction of sp³-hybridized carbons (Fsp3) is 0.559. The minimum atomic E-state index is -1.01. The maximum atomic E-state index is 14.3. The lowest BCUT2D eigenvalue weighted by Gasteiger charge is -2.42. The minimum Gasteiger partial charge on any atom is -0.451 e. The fourth-order valence-corrected chi connectivity index (χ4v) is 6.51. The van der Waals surface area contributed by atoms with E-state index in [1.54, 1.807) is 4.90 Å². The highest BCUT2D eigenvalue weighted by molar-refractivity contribution is 5.99. The second-order valence-electron chi connectivity index (χ2n) is 13.1. The first-order valence-electron chi connectivity index (χ1n) is 16.4. The van der Waals surface area contributed by atoms with Gasteiger partial charge in [-0.1, -0.05) is 44.3 Å². The van der Waals surface area contributed by atoms with Crippen LogP contribution in [0.4, 0.5) is 13.6 Å². The lowest BCUT2D eigenvalue weighted by molar-refractivity contribution is -0.0658. The van der Waals surface area contributed by atoms with Crippen LogP contribution < -0.4 is 15.5 Å². The predicted octanol–water partition coefficient (Wildman–Crippen LogP) is 5.48. The summed E-state index contributed by atoms with van der Waals surface area (Å²) in [5.41, 5.74) is -1.56. The molecule has 1 spiro atoms. The first-order valence-corrected chi connectivity index (χ1v) is 16.4. The van der Waals surface area contributed by atoms with Crippen molar-refractivity contribution in [3.63, 3.8) is 0 Å². The molecule has 14 heteroatoms. The number of benzene rings is 1. The molecule has 2 aromatic rings. The molecule has 1 N–H and O–H groups in total. The van der Waals surface area contributed by atoms with E-state index in [-0.39, 0.29) is 37.0 Å². The third-order valence-corrected chi connectivity index (χ3v) is 9.15. The average Bonchev–Trinajstić information content (AvgIpc) is 3.37. The van der Waals surface area contributed by atoms with Crippen LogP contribution in [0.15, 0.2) is 34.3 Å². The van der Waals surface area contributed by atoms with E-state index in [0.29, 0.717) is 37.7 Å². The summed E-state index contributed by atoms with van der Waals surface area (Å²) in [5, 5.41) is 6.70. The largest absolute Gasteiger partial charge is 0.511 e. The SMILES string of the molecule is CC1=NO[C@@]2(CC[C@H](C)N3C[C@H]2n2cc(C(=O)NCc4ccc(F)cc4F)c(=O)c(OCOC(=O)OCCCCCC(C)C)c2C3=O)C1. The van der Waals surface area contributed by atoms with Gasteiger partial charge >= 0.3 is 6.16 Å². The van der Waals surface area contributed by atoms with Crippen LogP contribution in [0.5, 0.6) is 5.75 Å². The molecule has 3 aliphatic heterocycles. The number of ether oxygens (including phenoxy) is 3. The van der Waals surface area contributed by atoms with Crippen LogP contribution >= 0.6 is 0 Å². The molecule has 2 bridgehead atoms. The van der Waals surface area contributed by atoms with Crippen LogP contribution in [-0.2, 0) is 20.9 Å². The van der Waals surface area contributed by atoms with Gasteiger partial charge < -0.3 is 33.8 Å². The van der Waals surface area contributed by atoms with Gasteiger partial charge in [-0.25, -0.2) is 13.6 Å². The highest BCUT2D eigenvalue weighted by atomic mass is 19.1. The van der Waals surface area contributed by atoms with Crippen LogP contribution in [0, 0.1) is 17.6 Å². The molecule has 3 atom stereocenters. The number of nitrogens with zero attached hydrogens (tertiary/aromatic N) is 3. The number of carbonyl (C=O) groups excluding carboxylic acids is 3. The van der Waals surface area contributed by atoms with Crippen molar-refractivity contribution in [2.45, 2.75) is 96.9 Å². The molecule has 4 heterocycles. The Balaban J connectivity index is 1.42. The monoisotopic (exact) mass is 672 g/mol. The number of carbonyl (C=O) groups is 3. The van der Waals surface area contributed by atoms with Crippen molar-refractivity contribution in [1.29, 1.82) is 0 Å². The van der Waals surface area contributed by atoms with Crippen molar-refractivity contribution in [2.24, 2.45) is 11.1 Å². The first-order chi connectivity index (χ1) is 22.9. The van der Waals surface area contributed by atoms with Gasteiger partial charge in [-0.3, -0.25) is 14.4 Å². The summed E-state index contributed by atoms with van der Waals surface area (Å²) in [6, 6.07) is 2.15. The third-order valence-electron chi connectivity index (χ3n) is 9.15. The summed E-state index contributed by atoms with van der Waals surface area (Å²) in [6.45, 7) is 7.29. The van der Waals surface area contributed by atoms with E-state index in [4.69, 9.17) is 19.0 Å². The maximum absolute atomic E-state index is 14.3. The van der Waals surface area contributed by atoms with Crippen LogP contribution in [0.25, 0.3) is 0 Å². The van der Waals surface area contributed by atoms with Crippen molar-refractivity contribution in [3.05, 3.63) is 63.1 Å². The number of hydrogen-bond donors (Lipinski definition) is 1. The molecular weight excluding hydrogens is 630 g/mol. The van der Waals surface area contributed by atoms with E-state index < -0.39 is 64.8 Å². The van der Waals surface area contributed by atoms with Gasteiger partial charge in [0.25, 0.3) is 11.8 Å². The number of nitrogens with one attached hydrogen (secondary N) is 1. The van der Waals surface area contributed by atoms with E-state index >= 15 is 0 Å². The van der Waals surface area contributed by atoms with Crippen molar-refractivity contribution in [3.8, 4) is 5.75 Å². The molecule has 48 heavy (non-hydrogen) atoms. The Bertz CT molecular complexity index is 1640. The number of amides is 2. The Morgan fingerprint density at radius 2 is 1.96 bits per heavy atom. The highest BCUT2D eigenvalue weighted by Gasteiger charge is 2.54. The summed E-state index contributed by atoms with van der Waals surface area (Å²) in [5.74, 6) is -2.92. The molecule has 1 fully saturated rings. The molecular formula is C34H42F2N4O8. The zero-order chi connectivity index (χ0) is 34.6. The Labute approximate surface area is 277 Å². The van der Waals surface area contributed by atoms with Crippen molar-refractivity contribution in [1.82, 2.24) is 14.8 Å². The quantitative estimate of drug-likeness (QED) is 0.178. The van der Waals surface area contributed by atoms with Crippen LogP contribution in [0.2, 0.25) is 0 Å². The Morgan fingerprint density at radius 1 is 1.17 bits per heavy atom. The smallest absolute Gasteiger partial charge is 0.451 e. The van der Waals surface area contributed by atoms with Gasteiger partial charge in [0.1, 0.15) is 17.2 Å². The van der Waals surface area contributed by atoms with Gasteiger partial charge in [0.05, 0.1) is 18.4 Å². The van der Waals surface area contributed by atoms with Gasteiger partial charge in [-0.15, -0.1) is 0 Å². The van der Waals surface area contributed by atoms with E-state index in [2.05, 4.69) is 24.3 Å². The minimum absolute atomic E-state index is 0.000581. The maximum Gasteiger partial charge on any atom is 0.511 e. The number of rotatable bonds is 12. The molecule has 1 saturated heterocycles. The van der Waals surface area contributed by atoms with E-state index in [1.807, 2.05) is 13.8 Å². The fourth-order valence-electron chi connectivity index (χ4n) is 6.51. The number of fused-ring (bicyclic) bond motifs is 5.